The third-order valence-corrected chi connectivity index (χ3v) is 14.0. The number of aromatic nitrogens is 2. The van der Waals surface area contributed by atoms with Gasteiger partial charge in [0.1, 0.15) is 35.2 Å². The number of fused-ring (bicyclic) bond motifs is 3. The Morgan fingerprint density at radius 3 is 2.44 bits per heavy atom. The maximum Gasteiger partial charge on any atom is 0.437 e. The lowest BCUT2D eigenvalue weighted by Gasteiger charge is -2.33. The largest absolute Gasteiger partial charge is 0.497 e. The van der Waals surface area contributed by atoms with Crippen molar-refractivity contribution >= 4 is 44.6 Å². The first-order valence-electron chi connectivity index (χ1n) is 21.8. The molecule has 1 aromatic carbocycles. The first kappa shape index (κ1) is 47.9. The van der Waals surface area contributed by atoms with Crippen molar-refractivity contribution in [1.82, 2.24) is 30.2 Å². The predicted octanol–water partition coefficient (Wildman–Crippen LogP) is 5.60. The van der Waals surface area contributed by atoms with Crippen LogP contribution in [0, 0.1) is 30.1 Å². The minimum Gasteiger partial charge on any atom is -0.497 e. The molecule has 20 heteroatoms. The SMILES string of the molecule is C#C[C@@H](OC(=O)N[C@@H]1C(=O)N2C[C@H](Oc3nc(-c4ccc(OC(C)C)cn4)cc4cc(OC)ccc34)C[C@H]2C(=O)N[C@]2(C(=O)NS(=O)(=O)C3CC3)C[C@H]2/C=C\CC[C@H](C)C[C@H]1C)C(F)(F)F. The highest BCUT2D eigenvalue weighted by Crippen LogP contribution is 2.46. The summed E-state index contributed by atoms with van der Waals surface area (Å²) >= 11 is 0. The smallest absolute Gasteiger partial charge is 0.437 e. The molecule has 2 aliphatic carbocycles. The molecule has 2 aromatic heterocycles. The van der Waals surface area contributed by atoms with Crippen molar-refractivity contribution in [1.29, 1.82) is 0 Å². The monoisotopic (exact) mass is 938 g/mol. The number of terminal acetylenes is 1. The molecule has 1 saturated heterocycles. The van der Waals surface area contributed by atoms with Gasteiger partial charge in [-0.05, 0) is 106 Å². The summed E-state index contributed by atoms with van der Waals surface area (Å²) in [4.78, 5) is 67.2. The van der Waals surface area contributed by atoms with Crippen LogP contribution < -0.4 is 29.6 Å². The van der Waals surface area contributed by atoms with Gasteiger partial charge in [0.25, 0.3) is 12.0 Å². The summed E-state index contributed by atoms with van der Waals surface area (Å²) in [6.07, 6.45) is 1.62. The fourth-order valence-electron chi connectivity index (χ4n) is 8.54. The Morgan fingerprint density at radius 1 is 1.05 bits per heavy atom. The number of allylic oxidation sites excluding steroid dienone is 1. The number of hydrogen-bond donors (Lipinski definition) is 3. The zero-order valence-electron chi connectivity index (χ0n) is 37.1. The van der Waals surface area contributed by atoms with Crippen molar-refractivity contribution in [3.63, 3.8) is 0 Å². The number of rotatable bonds is 11. The highest BCUT2D eigenvalue weighted by molar-refractivity contribution is 7.91. The van der Waals surface area contributed by atoms with Gasteiger partial charge in [-0.15, -0.1) is 6.42 Å². The summed E-state index contributed by atoms with van der Waals surface area (Å²) in [6.45, 7) is 7.05. The molecule has 2 aliphatic heterocycles. The van der Waals surface area contributed by atoms with Crippen LogP contribution in [-0.2, 0) is 29.1 Å². The molecule has 16 nitrogen and oxygen atoms in total. The van der Waals surface area contributed by atoms with E-state index in [-0.39, 0.29) is 37.3 Å². The van der Waals surface area contributed by atoms with Gasteiger partial charge in [0, 0.05) is 17.7 Å². The number of benzene rings is 1. The Balaban J connectivity index is 1.26. The number of nitrogens with one attached hydrogen (secondary N) is 3. The summed E-state index contributed by atoms with van der Waals surface area (Å²) in [5.41, 5.74) is -0.809. The molecule has 0 spiro atoms. The Labute approximate surface area is 380 Å². The zero-order valence-corrected chi connectivity index (χ0v) is 37.9. The lowest BCUT2D eigenvalue weighted by Crippen LogP contribution is -2.59. The number of carbonyl (C=O) groups is 4. The van der Waals surface area contributed by atoms with Gasteiger partial charge in [-0.2, -0.15) is 13.2 Å². The summed E-state index contributed by atoms with van der Waals surface area (Å²) in [7, 11) is -2.51. The molecule has 4 amide bonds. The fourth-order valence-corrected chi connectivity index (χ4v) is 9.91. The van der Waals surface area contributed by atoms with Crippen LogP contribution in [0.4, 0.5) is 18.0 Å². The van der Waals surface area contributed by atoms with E-state index in [2.05, 4.69) is 25.1 Å². The van der Waals surface area contributed by atoms with Gasteiger partial charge in [-0.3, -0.25) is 24.1 Å². The quantitative estimate of drug-likeness (QED) is 0.159. The molecular weight excluding hydrogens is 886 g/mol. The van der Waals surface area contributed by atoms with Crippen molar-refractivity contribution in [2.45, 2.75) is 120 Å². The van der Waals surface area contributed by atoms with Gasteiger partial charge in [-0.25, -0.2) is 18.2 Å². The highest BCUT2D eigenvalue weighted by atomic mass is 32.2. The van der Waals surface area contributed by atoms with E-state index in [9.17, 15) is 40.8 Å². The minimum absolute atomic E-state index is 0.0742. The fraction of sp³-hybridized carbons (Fsp3) is 0.522. The molecule has 4 aliphatic rings. The molecule has 3 fully saturated rings. The number of amides is 4. The number of carbonyl (C=O) groups excluding carboxylic acids is 4. The molecule has 8 atom stereocenters. The van der Waals surface area contributed by atoms with Gasteiger partial charge in [0.05, 0.1) is 42.6 Å². The van der Waals surface area contributed by atoms with Crippen molar-refractivity contribution in [3.05, 3.63) is 54.7 Å². The first-order chi connectivity index (χ1) is 31.2. The second-order valence-electron chi connectivity index (χ2n) is 17.8. The normalized spacial score (nSPS) is 26.9. The van der Waals surface area contributed by atoms with Crippen LogP contribution in [0.2, 0.25) is 0 Å². The number of hydrogen-bond acceptors (Lipinski definition) is 12. The number of sulfonamides is 1. The van der Waals surface area contributed by atoms with Crippen LogP contribution in [0.25, 0.3) is 22.2 Å². The van der Waals surface area contributed by atoms with Crippen LogP contribution in [-0.4, -0.2) is 108 Å². The van der Waals surface area contributed by atoms with Gasteiger partial charge in [0.15, 0.2) is 0 Å². The predicted molar refractivity (Wildman–Crippen MR) is 234 cm³/mol. The van der Waals surface area contributed by atoms with E-state index in [0.717, 1.165) is 4.90 Å². The second kappa shape index (κ2) is 19.0. The van der Waals surface area contributed by atoms with Crippen LogP contribution in [0.1, 0.15) is 72.6 Å². The Bertz CT molecular complexity index is 2530. The van der Waals surface area contributed by atoms with Gasteiger partial charge in [-0.1, -0.05) is 31.9 Å². The molecular formula is C46H53F3N6O10S. The number of pyridine rings is 2. The maximum atomic E-state index is 14.9. The van der Waals surface area contributed by atoms with Crippen molar-refractivity contribution < 1.29 is 59.7 Å². The zero-order chi connectivity index (χ0) is 47.7. The first-order valence-corrected chi connectivity index (χ1v) is 23.4. The van der Waals surface area contributed by atoms with Crippen molar-refractivity contribution in [3.8, 4) is 41.1 Å². The van der Waals surface area contributed by atoms with E-state index in [0.29, 0.717) is 65.8 Å². The molecule has 354 valence electrons. The van der Waals surface area contributed by atoms with Crippen LogP contribution in [0.3, 0.4) is 0 Å². The molecule has 66 heavy (non-hydrogen) atoms. The number of ether oxygens (including phenoxy) is 4. The molecule has 2 saturated carbocycles. The summed E-state index contributed by atoms with van der Waals surface area (Å²) in [5, 5.41) is 5.56. The van der Waals surface area contributed by atoms with E-state index >= 15 is 0 Å². The van der Waals surface area contributed by atoms with Crippen LogP contribution in [0.15, 0.2) is 54.7 Å². The lowest BCUT2D eigenvalue weighted by atomic mass is 9.88. The van der Waals surface area contributed by atoms with Crippen LogP contribution in [0.5, 0.6) is 17.4 Å². The molecule has 0 unspecified atom stereocenters. The third kappa shape index (κ3) is 10.8. The Kier molecular flexibility index (Phi) is 13.8. The van der Waals surface area contributed by atoms with Gasteiger partial charge < -0.3 is 34.5 Å². The molecule has 0 bridgehead atoms. The second-order valence-corrected chi connectivity index (χ2v) is 19.8. The molecule has 0 radical (unpaired) electrons. The lowest BCUT2D eigenvalue weighted by molar-refractivity contribution is -0.185. The molecule has 3 N–H and O–H groups in total. The van der Waals surface area contributed by atoms with E-state index in [1.807, 2.05) is 26.8 Å². The van der Waals surface area contributed by atoms with E-state index in [1.165, 1.54) is 13.0 Å². The topological polar surface area (TPSA) is 204 Å². The average Bonchev–Trinajstić information content (AvgIpc) is 4.19. The van der Waals surface area contributed by atoms with E-state index in [1.54, 1.807) is 55.6 Å². The Hall–Kier alpha value is -6.10. The number of alkyl carbamates (subject to hydrolysis) is 1. The standard InChI is InChI=1S/C46H53F3N6O10S/c1-7-38(46(47,48)49)65-44(59)52-39-27(5)18-26(4)10-8-9-11-29-22-45(29,43(58)54-66(60,61)33-14-15-33)53-40(56)37-21-32(24-55(37)42(39)57)64-41-34-16-12-30(62-6)19-28(34)20-36(51-41)35-17-13-31(23-50-35)63-25(2)3/h1,9,11-13,16-17,19-20,23,25-27,29,32-33,37-39H,8,10,14-15,18,21-22,24H2,2-6H3,(H,52,59)(H,53,56)(H,54,58)/b11-9-/t26-,27+,29+,32+,37-,38+,39-,45+/m0/s1. The summed E-state index contributed by atoms with van der Waals surface area (Å²) < 4.78 is 91.4. The third-order valence-electron chi connectivity index (χ3n) is 12.2. The van der Waals surface area contributed by atoms with Crippen LogP contribution >= 0.6 is 0 Å². The number of halogens is 3. The number of nitrogens with zero attached hydrogens (tertiary/aromatic N) is 3. The average molecular weight is 939 g/mol. The van der Waals surface area contributed by atoms with Crippen molar-refractivity contribution in [2.24, 2.45) is 17.8 Å². The van der Waals surface area contributed by atoms with Gasteiger partial charge >= 0.3 is 12.3 Å². The molecule has 7 rings (SSSR count). The molecule has 3 aromatic rings. The van der Waals surface area contributed by atoms with E-state index in [4.69, 9.17) is 25.6 Å². The number of methoxy groups -OCH3 is 1. The van der Waals surface area contributed by atoms with Crippen molar-refractivity contribution in [2.75, 3.05) is 13.7 Å². The minimum atomic E-state index is -5.10. The highest BCUT2D eigenvalue weighted by Gasteiger charge is 2.62. The van der Waals surface area contributed by atoms with Gasteiger partial charge in [0.2, 0.25) is 27.7 Å². The summed E-state index contributed by atoms with van der Waals surface area (Å²) in [6, 6.07) is 7.56. The molecule has 4 heterocycles. The summed E-state index contributed by atoms with van der Waals surface area (Å²) in [5.74, 6) is -1.38. The Morgan fingerprint density at radius 2 is 1.79 bits per heavy atom. The number of alkyl halides is 3. The maximum absolute atomic E-state index is 14.9. The van der Waals surface area contributed by atoms with E-state index < -0.39 is 86.9 Å².